The Hall–Kier alpha value is -3.86. The molecular formula is C30H44F5NO11. The fourth-order valence-corrected chi connectivity index (χ4v) is 3.46. The van der Waals surface area contributed by atoms with Crippen LogP contribution in [0.3, 0.4) is 0 Å². The number of amides is 1. The van der Waals surface area contributed by atoms with Crippen molar-refractivity contribution >= 4 is 29.6 Å². The van der Waals surface area contributed by atoms with E-state index in [-0.39, 0.29) is 24.7 Å². The molecule has 1 N–H and O–H groups in total. The highest BCUT2D eigenvalue weighted by atomic mass is 19.2. The molecule has 4 unspecified atom stereocenters. The quantitative estimate of drug-likeness (QED) is 0.0875. The number of carbonyl (C=O) groups is 5. The summed E-state index contributed by atoms with van der Waals surface area (Å²) in [4.78, 5) is 54.6. The van der Waals surface area contributed by atoms with Gasteiger partial charge in [-0.2, -0.15) is 8.78 Å². The summed E-state index contributed by atoms with van der Waals surface area (Å²) in [6.07, 6.45) is -1.25. The summed E-state index contributed by atoms with van der Waals surface area (Å²) < 4.78 is 93.1. The van der Waals surface area contributed by atoms with Crippen LogP contribution in [0, 0.1) is 29.1 Å². The summed E-state index contributed by atoms with van der Waals surface area (Å²) in [5.74, 6) is -13.0. The molecule has 0 saturated carbocycles. The maximum absolute atomic E-state index is 12.6. The smallest absolute Gasteiger partial charge is 0.303 e. The minimum Gasteiger partial charge on any atom is -0.491 e. The Morgan fingerprint density at radius 3 is 1.68 bits per heavy atom. The van der Waals surface area contributed by atoms with E-state index in [1.165, 1.54) is 34.6 Å². The summed E-state index contributed by atoms with van der Waals surface area (Å²) in [7, 11) is 2.40. The molecule has 1 aromatic carbocycles. The van der Waals surface area contributed by atoms with E-state index in [1.807, 2.05) is 13.8 Å². The first-order valence-electron chi connectivity index (χ1n) is 14.4. The highest BCUT2D eigenvalue weighted by Crippen LogP contribution is 2.29. The summed E-state index contributed by atoms with van der Waals surface area (Å²) in [6.45, 7) is 10.9. The van der Waals surface area contributed by atoms with Gasteiger partial charge < -0.3 is 38.5 Å². The Morgan fingerprint density at radius 1 is 0.787 bits per heavy atom. The van der Waals surface area contributed by atoms with E-state index in [0.717, 1.165) is 7.11 Å². The molecule has 0 radical (unpaired) electrons. The second kappa shape index (κ2) is 24.3. The van der Waals surface area contributed by atoms with Crippen LogP contribution in [0.5, 0.6) is 5.75 Å². The molecule has 1 heterocycles. The van der Waals surface area contributed by atoms with Crippen LogP contribution < -0.4 is 10.1 Å². The highest BCUT2D eigenvalue weighted by Gasteiger charge is 2.44. The van der Waals surface area contributed by atoms with Crippen LogP contribution in [0.25, 0.3) is 0 Å². The molecule has 0 aliphatic carbocycles. The lowest BCUT2D eigenvalue weighted by Gasteiger charge is -2.39. The molecule has 270 valence electrons. The minimum absolute atomic E-state index is 0.00463. The Kier molecular flexibility index (Phi) is 23.4. The van der Waals surface area contributed by atoms with E-state index >= 15 is 0 Å². The van der Waals surface area contributed by atoms with Crippen molar-refractivity contribution in [1.29, 1.82) is 0 Å². The number of esters is 3. The zero-order valence-corrected chi connectivity index (χ0v) is 27.9. The topological polar surface area (TPSA) is 153 Å². The summed E-state index contributed by atoms with van der Waals surface area (Å²) in [5.41, 5.74) is 0. The molecule has 1 aliphatic heterocycles. The lowest BCUT2D eigenvalue weighted by atomic mass is 10.0. The first-order chi connectivity index (χ1) is 22.0. The first kappa shape index (κ1) is 45.3. The number of ketones is 1. The van der Waals surface area contributed by atoms with Crippen molar-refractivity contribution in [3.05, 3.63) is 29.1 Å². The van der Waals surface area contributed by atoms with E-state index in [4.69, 9.17) is 23.7 Å². The van der Waals surface area contributed by atoms with Gasteiger partial charge in [0.1, 0.15) is 24.6 Å². The van der Waals surface area contributed by atoms with E-state index in [2.05, 4.69) is 10.1 Å². The highest BCUT2D eigenvalue weighted by molar-refractivity contribution is 5.75. The summed E-state index contributed by atoms with van der Waals surface area (Å²) >= 11 is 0. The van der Waals surface area contributed by atoms with Crippen molar-refractivity contribution in [1.82, 2.24) is 5.32 Å². The van der Waals surface area contributed by atoms with Crippen LogP contribution in [0.2, 0.25) is 0 Å². The van der Waals surface area contributed by atoms with Gasteiger partial charge in [-0.05, 0) is 19.8 Å². The van der Waals surface area contributed by atoms with Gasteiger partial charge in [0.25, 0.3) is 0 Å². The number of methoxy groups -OCH3 is 1. The van der Waals surface area contributed by atoms with E-state index in [9.17, 15) is 45.9 Å². The maximum Gasteiger partial charge on any atom is 0.303 e. The molecule has 17 heteroatoms. The van der Waals surface area contributed by atoms with Crippen LogP contribution in [0.1, 0.15) is 74.1 Å². The average molecular weight is 690 g/mol. The number of ether oxygens (including phenoxy) is 6. The van der Waals surface area contributed by atoms with Crippen LogP contribution in [-0.4, -0.2) is 81.6 Å². The standard InChI is InChI=1S/C18H28O9.C7H3F5O.C3H7NO.C2H6/c1-11(19)7-5-6-8-23-17-9-15(25-13(3)21)18(26-14(4)22)16(27-17)10-24-12(2)20;1-13-7-5(11)3(9)2(8)4(10)6(7)12;1-3(5)4-2;1-2/h15-18H,5-10H2,1-4H3;1H3;1-2H3,(H,4,5);1-2H3. The molecule has 4 atom stereocenters. The summed E-state index contributed by atoms with van der Waals surface area (Å²) in [5, 5.41) is 2.39. The van der Waals surface area contributed by atoms with E-state index in [0.29, 0.717) is 25.9 Å². The third-order valence-electron chi connectivity index (χ3n) is 5.51. The van der Waals surface area contributed by atoms with Crippen molar-refractivity contribution in [2.24, 2.45) is 0 Å². The van der Waals surface area contributed by atoms with Gasteiger partial charge in [0, 0.05) is 54.2 Å². The Morgan fingerprint density at radius 2 is 1.28 bits per heavy atom. The molecule has 12 nitrogen and oxygen atoms in total. The molecule has 2 rings (SSSR count). The SMILES string of the molecule is CC.CC(=O)CCCCOC1CC(OC(C)=O)C(OC(C)=O)C(COC(C)=O)O1.CNC(C)=O.COc1c(F)c(F)c(F)c(F)c1F. The molecule has 0 spiro atoms. The predicted octanol–water partition coefficient (Wildman–Crippen LogP) is 4.47. The van der Waals surface area contributed by atoms with Gasteiger partial charge in [0.15, 0.2) is 18.1 Å². The number of Topliss-reactive ketones (excluding diaryl/α,β-unsaturated/α-hetero) is 1. The second-order valence-electron chi connectivity index (χ2n) is 9.30. The fraction of sp³-hybridized carbons (Fsp3) is 0.633. The van der Waals surface area contributed by atoms with Gasteiger partial charge in [0.05, 0.1) is 7.11 Å². The molecule has 1 amide bonds. The molecular weight excluding hydrogens is 645 g/mol. The molecule has 0 bridgehead atoms. The summed E-state index contributed by atoms with van der Waals surface area (Å²) in [6, 6.07) is 0. The van der Waals surface area contributed by atoms with E-state index < -0.39 is 77.3 Å². The number of hydrogen-bond acceptors (Lipinski definition) is 11. The fourth-order valence-electron chi connectivity index (χ4n) is 3.46. The van der Waals surface area contributed by atoms with Crippen molar-refractivity contribution < 1.29 is 74.3 Å². The number of benzene rings is 1. The Balaban J connectivity index is 0. The van der Waals surface area contributed by atoms with Gasteiger partial charge in [-0.25, -0.2) is 13.2 Å². The number of hydrogen-bond donors (Lipinski definition) is 1. The van der Waals surface area contributed by atoms with Crippen molar-refractivity contribution in [2.75, 3.05) is 27.4 Å². The molecule has 1 aromatic rings. The minimum atomic E-state index is -2.20. The van der Waals surface area contributed by atoms with Crippen LogP contribution in [0.4, 0.5) is 22.0 Å². The van der Waals surface area contributed by atoms with Gasteiger partial charge in [-0.15, -0.1) is 0 Å². The van der Waals surface area contributed by atoms with Crippen LogP contribution >= 0.6 is 0 Å². The lowest BCUT2D eigenvalue weighted by Crippen LogP contribution is -2.54. The lowest BCUT2D eigenvalue weighted by molar-refractivity contribution is -0.266. The maximum atomic E-state index is 12.6. The molecule has 0 aromatic heterocycles. The molecule has 1 saturated heterocycles. The Bertz CT molecular complexity index is 1140. The third-order valence-corrected chi connectivity index (χ3v) is 5.51. The van der Waals surface area contributed by atoms with Gasteiger partial charge in [0.2, 0.25) is 35.0 Å². The van der Waals surface area contributed by atoms with Crippen LogP contribution in [-0.2, 0) is 47.7 Å². The Labute approximate surface area is 270 Å². The average Bonchev–Trinajstić information content (AvgIpc) is 3.00. The molecule has 1 aliphatic rings. The predicted molar refractivity (Wildman–Crippen MR) is 155 cm³/mol. The number of rotatable bonds is 11. The zero-order chi connectivity index (χ0) is 36.9. The molecule has 1 fully saturated rings. The zero-order valence-electron chi connectivity index (χ0n) is 27.9. The second-order valence-corrected chi connectivity index (χ2v) is 9.30. The van der Waals surface area contributed by atoms with Crippen molar-refractivity contribution in [3.8, 4) is 5.75 Å². The van der Waals surface area contributed by atoms with E-state index in [1.54, 1.807) is 7.05 Å². The normalized spacial score (nSPS) is 17.9. The number of unbranched alkanes of at least 4 members (excludes halogenated alkanes) is 1. The largest absolute Gasteiger partial charge is 0.491 e. The number of nitrogens with one attached hydrogen (secondary N) is 1. The van der Waals surface area contributed by atoms with Gasteiger partial charge >= 0.3 is 17.9 Å². The van der Waals surface area contributed by atoms with Crippen molar-refractivity contribution in [3.63, 3.8) is 0 Å². The first-order valence-corrected chi connectivity index (χ1v) is 14.4. The number of carbonyl (C=O) groups excluding carboxylic acids is 5. The monoisotopic (exact) mass is 689 g/mol. The van der Waals surface area contributed by atoms with Crippen molar-refractivity contribution in [2.45, 2.75) is 98.8 Å². The van der Waals surface area contributed by atoms with Gasteiger partial charge in [-0.3, -0.25) is 19.2 Å². The third kappa shape index (κ3) is 18.2. The van der Waals surface area contributed by atoms with Gasteiger partial charge in [-0.1, -0.05) is 13.8 Å². The number of halogens is 5. The molecule has 47 heavy (non-hydrogen) atoms. The van der Waals surface area contributed by atoms with Crippen LogP contribution in [0.15, 0.2) is 0 Å².